The highest BCUT2D eigenvalue weighted by molar-refractivity contribution is 6.05. The van der Waals surface area contributed by atoms with E-state index in [1.54, 1.807) is 0 Å². The molecule has 2 aromatic carbocycles. The molecule has 0 aliphatic rings. The maximum atomic E-state index is 12.3. The van der Waals surface area contributed by atoms with Crippen LogP contribution in [-0.2, 0) is 6.54 Å². The number of nitrogens with zero attached hydrogens (tertiary/aromatic N) is 1. The van der Waals surface area contributed by atoms with Gasteiger partial charge in [-0.1, -0.05) is 44.2 Å². The maximum Gasteiger partial charge on any atom is 0.255 e. The molecular formula is C19H24N2O. The molecule has 3 heteroatoms. The zero-order chi connectivity index (χ0) is 15.9. The Kier molecular flexibility index (Phi) is 5.73. The normalized spacial score (nSPS) is 10.7. The van der Waals surface area contributed by atoms with Gasteiger partial charge in [-0.25, -0.2) is 0 Å². The van der Waals surface area contributed by atoms with Gasteiger partial charge in [0.1, 0.15) is 0 Å². The molecule has 116 valence electrons. The molecule has 1 N–H and O–H groups in total. The Hall–Kier alpha value is -2.13. The molecule has 0 aliphatic carbocycles. The van der Waals surface area contributed by atoms with Gasteiger partial charge in [0.25, 0.3) is 5.91 Å². The van der Waals surface area contributed by atoms with Gasteiger partial charge in [-0.2, -0.15) is 0 Å². The number of carbonyl (C=O) groups excluding carboxylic acids is 1. The fourth-order valence-corrected chi connectivity index (χ4v) is 2.42. The monoisotopic (exact) mass is 296 g/mol. The van der Waals surface area contributed by atoms with Crippen LogP contribution in [0, 0.1) is 6.92 Å². The Morgan fingerprint density at radius 2 is 1.64 bits per heavy atom. The summed E-state index contributed by atoms with van der Waals surface area (Å²) in [6.45, 7) is 9.31. The van der Waals surface area contributed by atoms with Gasteiger partial charge in [0.15, 0.2) is 0 Å². The van der Waals surface area contributed by atoms with E-state index in [0.29, 0.717) is 0 Å². The van der Waals surface area contributed by atoms with Gasteiger partial charge in [-0.15, -0.1) is 0 Å². The lowest BCUT2D eigenvalue weighted by Crippen LogP contribution is -2.22. The largest absolute Gasteiger partial charge is 0.322 e. The second-order valence-corrected chi connectivity index (χ2v) is 5.43. The molecule has 0 unspecified atom stereocenters. The maximum absolute atomic E-state index is 12.3. The fourth-order valence-electron chi connectivity index (χ4n) is 2.42. The van der Waals surface area contributed by atoms with Gasteiger partial charge in [-0.3, -0.25) is 9.69 Å². The van der Waals surface area contributed by atoms with Gasteiger partial charge >= 0.3 is 0 Å². The molecule has 0 atom stereocenters. The van der Waals surface area contributed by atoms with E-state index in [-0.39, 0.29) is 5.91 Å². The highest BCUT2D eigenvalue weighted by atomic mass is 16.1. The van der Waals surface area contributed by atoms with E-state index >= 15 is 0 Å². The van der Waals surface area contributed by atoms with Crippen LogP contribution in [0.15, 0.2) is 48.5 Å². The lowest BCUT2D eigenvalue weighted by Gasteiger charge is -2.18. The summed E-state index contributed by atoms with van der Waals surface area (Å²) in [5.41, 5.74) is 3.79. The molecule has 1 amide bonds. The molecule has 3 nitrogen and oxygen atoms in total. The highest BCUT2D eigenvalue weighted by Crippen LogP contribution is 2.14. The molecule has 0 radical (unpaired) electrons. The predicted molar refractivity (Wildman–Crippen MR) is 92.2 cm³/mol. The van der Waals surface area contributed by atoms with Crippen molar-refractivity contribution in [2.75, 3.05) is 18.4 Å². The zero-order valence-electron chi connectivity index (χ0n) is 13.6. The second kappa shape index (κ2) is 7.76. The highest BCUT2D eigenvalue weighted by Gasteiger charge is 2.08. The Morgan fingerprint density at radius 3 is 2.23 bits per heavy atom. The van der Waals surface area contributed by atoms with E-state index in [0.717, 1.165) is 36.4 Å². The molecule has 0 aliphatic heterocycles. The SMILES string of the molecule is CCN(CC)Cc1ccc(NC(=O)c2ccccc2C)cc1. The number of rotatable bonds is 6. The van der Waals surface area contributed by atoms with E-state index in [9.17, 15) is 4.79 Å². The summed E-state index contributed by atoms with van der Waals surface area (Å²) in [6, 6.07) is 15.7. The van der Waals surface area contributed by atoms with Crippen molar-refractivity contribution < 1.29 is 4.79 Å². The molecule has 0 aromatic heterocycles. The number of amides is 1. The molecule has 22 heavy (non-hydrogen) atoms. The molecule has 2 rings (SSSR count). The molecule has 2 aromatic rings. The van der Waals surface area contributed by atoms with Crippen molar-refractivity contribution in [1.82, 2.24) is 4.90 Å². The van der Waals surface area contributed by atoms with Crippen LogP contribution in [-0.4, -0.2) is 23.9 Å². The lowest BCUT2D eigenvalue weighted by molar-refractivity contribution is 0.102. The molecule has 0 bridgehead atoms. The first-order valence-electron chi connectivity index (χ1n) is 7.82. The van der Waals surface area contributed by atoms with Gasteiger partial charge in [0, 0.05) is 17.8 Å². The van der Waals surface area contributed by atoms with Crippen LogP contribution < -0.4 is 5.32 Å². The first-order valence-corrected chi connectivity index (χ1v) is 7.82. The first kappa shape index (κ1) is 16.2. The number of hydrogen-bond donors (Lipinski definition) is 1. The van der Waals surface area contributed by atoms with Crippen molar-refractivity contribution in [1.29, 1.82) is 0 Å². The van der Waals surface area contributed by atoms with Crippen molar-refractivity contribution in [2.45, 2.75) is 27.3 Å². The minimum absolute atomic E-state index is 0.0606. The lowest BCUT2D eigenvalue weighted by atomic mass is 10.1. The van der Waals surface area contributed by atoms with Gasteiger partial charge in [-0.05, 0) is 49.3 Å². The second-order valence-electron chi connectivity index (χ2n) is 5.43. The van der Waals surface area contributed by atoms with E-state index in [4.69, 9.17) is 0 Å². The van der Waals surface area contributed by atoms with Crippen molar-refractivity contribution in [2.24, 2.45) is 0 Å². The van der Waals surface area contributed by atoms with Crippen LogP contribution in [0.3, 0.4) is 0 Å². The number of carbonyl (C=O) groups is 1. The molecule has 0 saturated carbocycles. The third-order valence-corrected chi connectivity index (χ3v) is 3.90. The van der Waals surface area contributed by atoms with Crippen LogP contribution >= 0.6 is 0 Å². The number of nitrogens with one attached hydrogen (secondary N) is 1. The number of hydrogen-bond acceptors (Lipinski definition) is 2. The van der Waals surface area contributed by atoms with Crippen LogP contribution in [0.1, 0.15) is 35.3 Å². The smallest absolute Gasteiger partial charge is 0.255 e. The van der Waals surface area contributed by atoms with Gasteiger partial charge < -0.3 is 5.32 Å². The summed E-state index contributed by atoms with van der Waals surface area (Å²) < 4.78 is 0. The fraction of sp³-hybridized carbons (Fsp3) is 0.316. The summed E-state index contributed by atoms with van der Waals surface area (Å²) in [6.07, 6.45) is 0. The Bertz CT molecular complexity index is 616. The Morgan fingerprint density at radius 1 is 1.00 bits per heavy atom. The average molecular weight is 296 g/mol. The van der Waals surface area contributed by atoms with Gasteiger partial charge in [0.2, 0.25) is 0 Å². The number of benzene rings is 2. The van der Waals surface area contributed by atoms with E-state index < -0.39 is 0 Å². The van der Waals surface area contributed by atoms with Crippen LogP contribution in [0.5, 0.6) is 0 Å². The Balaban J connectivity index is 2.02. The van der Waals surface area contributed by atoms with Crippen LogP contribution in [0.25, 0.3) is 0 Å². The summed E-state index contributed by atoms with van der Waals surface area (Å²) in [5, 5.41) is 2.96. The molecular weight excluding hydrogens is 272 g/mol. The third kappa shape index (κ3) is 4.18. The van der Waals surface area contributed by atoms with E-state index in [2.05, 4.69) is 36.2 Å². The van der Waals surface area contributed by atoms with Crippen LogP contribution in [0.2, 0.25) is 0 Å². The summed E-state index contributed by atoms with van der Waals surface area (Å²) >= 11 is 0. The van der Waals surface area contributed by atoms with Crippen LogP contribution in [0.4, 0.5) is 5.69 Å². The van der Waals surface area contributed by atoms with Crippen molar-refractivity contribution in [3.63, 3.8) is 0 Å². The van der Waals surface area contributed by atoms with Gasteiger partial charge in [0.05, 0.1) is 0 Å². The van der Waals surface area contributed by atoms with Crippen molar-refractivity contribution in [3.05, 3.63) is 65.2 Å². The third-order valence-electron chi connectivity index (χ3n) is 3.90. The first-order chi connectivity index (χ1) is 10.6. The minimum Gasteiger partial charge on any atom is -0.322 e. The summed E-state index contributed by atoms with van der Waals surface area (Å²) in [5.74, 6) is -0.0606. The molecule has 0 fully saturated rings. The summed E-state index contributed by atoms with van der Waals surface area (Å²) in [4.78, 5) is 14.6. The number of aryl methyl sites for hydroxylation is 1. The minimum atomic E-state index is -0.0606. The standard InChI is InChI=1S/C19H24N2O/c1-4-21(5-2)14-16-10-12-17(13-11-16)20-19(22)18-9-7-6-8-15(18)3/h6-13H,4-5,14H2,1-3H3,(H,20,22). The molecule has 0 heterocycles. The predicted octanol–water partition coefficient (Wildman–Crippen LogP) is 4.09. The Labute approximate surface area is 133 Å². The van der Waals surface area contributed by atoms with Crippen molar-refractivity contribution in [3.8, 4) is 0 Å². The number of anilines is 1. The van der Waals surface area contributed by atoms with E-state index in [1.807, 2.05) is 43.3 Å². The van der Waals surface area contributed by atoms with Crippen molar-refractivity contribution >= 4 is 11.6 Å². The summed E-state index contributed by atoms with van der Waals surface area (Å²) in [7, 11) is 0. The average Bonchev–Trinajstić information content (AvgIpc) is 2.54. The molecule has 0 spiro atoms. The zero-order valence-corrected chi connectivity index (χ0v) is 13.6. The molecule has 0 saturated heterocycles. The quantitative estimate of drug-likeness (QED) is 0.871. The van der Waals surface area contributed by atoms with E-state index in [1.165, 1.54) is 5.56 Å². The topological polar surface area (TPSA) is 32.3 Å².